The van der Waals surface area contributed by atoms with E-state index in [0.717, 1.165) is 4.85 Å². The Morgan fingerprint density at radius 3 is 2.26 bits per heavy atom. The van der Waals surface area contributed by atoms with Crippen LogP contribution in [-0.2, 0) is 33.7 Å². The molecule has 3 saturated heterocycles. The third kappa shape index (κ3) is 2.26. The topological polar surface area (TPSA) is 88.6 Å². The van der Waals surface area contributed by atoms with E-state index >= 15 is 0 Å². The van der Waals surface area contributed by atoms with E-state index in [1.165, 1.54) is 4.68 Å². The van der Waals surface area contributed by atoms with Gasteiger partial charge in [0.25, 0.3) is 5.69 Å². The second-order valence-electron chi connectivity index (χ2n) is 5.25. The highest BCUT2D eigenvalue weighted by Gasteiger charge is 2.39. The fourth-order valence-electron chi connectivity index (χ4n) is 2.23. The molecule has 8 nitrogen and oxygen atoms in total. The molecular formula is C11H16N3O5+. The van der Waals surface area contributed by atoms with E-state index in [2.05, 4.69) is 0 Å². The van der Waals surface area contributed by atoms with Gasteiger partial charge in [0.1, 0.15) is 25.3 Å². The predicted molar refractivity (Wildman–Crippen MR) is 59.0 cm³/mol. The first-order chi connectivity index (χ1) is 9.22. The quantitative estimate of drug-likeness (QED) is 0.364. The normalized spacial score (nSPS) is 31.5. The van der Waals surface area contributed by atoms with Crippen LogP contribution < -0.4 is 10.4 Å². The molecule has 3 aliphatic heterocycles. The smallest absolute Gasteiger partial charge is 0.373 e. The average Bonchev–Trinajstić information content (AvgIpc) is 3.26. The molecule has 4 rings (SSSR count). The van der Waals surface area contributed by atoms with Gasteiger partial charge in [0.15, 0.2) is 0 Å². The number of nitrogens with zero attached hydrogens (tertiary/aromatic N) is 3. The van der Waals surface area contributed by atoms with Crippen LogP contribution in [-0.4, -0.2) is 52.8 Å². The van der Waals surface area contributed by atoms with Crippen molar-refractivity contribution in [1.82, 2.24) is 9.48 Å². The van der Waals surface area contributed by atoms with Crippen molar-refractivity contribution in [2.45, 2.75) is 37.8 Å². The van der Waals surface area contributed by atoms with E-state index in [1.54, 1.807) is 4.80 Å². The molecule has 3 aliphatic rings. The van der Waals surface area contributed by atoms with E-state index in [0.29, 0.717) is 45.0 Å². The Hall–Kier alpha value is -1.38. The van der Waals surface area contributed by atoms with E-state index in [-0.39, 0.29) is 23.9 Å². The summed E-state index contributed by atoms with van der Waals surface area (Å²) in [5.74, 6) is 0. The number of epoxide rings is 3. The summed E-state index contributed by atoms with van der Waals surface area (Å²) in [5.41, 5.74) is 0.193. The zero-order valence-electron chi connectivity index (χ0n) is 10.4. The second-order valence-corrected chi connectivity index (χ2v) is 5.25. The van der Waals surface area contributed by atoms with E-state index < -0.39 is 0 Å². The Kier molecular flexibility index (Phi) is 2.44. The minimum Gasteiger partial charge on any atom is -0.373 e. The minimum atomic E-state index is -0.172. The highest BCUT2D eigenvalue weighted by molar-refractivity contribution is 4.94. The maximum atomic E-state index is 12.3. The molecule has 0 saturated carbocycles. The molecule has 0 amide bonds. The van der Waals surface area contributed by atoms with Crippen molar-refractivity contribution in [3.8, 4) is 0 Å². The molecule has 0 radical (unpaired) electrons. The van der Waals surface area contributed by atoms with Gasteiger partial charge in [-0.05, 0) is 4.80 Å². The number of hydrogen-bond acceptors (Lipinski definition) is 5. The molecule has 1 aromatic rings. The Morgan fingerprint density at radius 2 is 1.68 bits per heavy atom. The summed E-state index contributed by atoms with van der Waals surface area (Å²) in [6, 6.07) is 0. The average molecular weight is 270 g/mol. The van der Waals surface area contributed by atoms with Gasteiger partial charge in [-0.3, -0.25) is 0 Å². The first-order valence-electron chi connectivity index (χ1n) is 6.51. The number of rotatable bonds is 6. The summed E-state index contributed by atoms with van der Waals surface area (Å²) in [7, 11) is 0. The lowest BCUT2D eigenvalue weighted by Crippen LogP contribution is -2.47. The number of aromatic nitrogens is 3. The van der Waals surface area contributed by atoms with Crippen LogP contribution in [0, 0.1) is 0 Å². The van der Waals surface area contributed by atoms with E-state index in [4.69, 9.17) is 14.2 Å². The molecule has 0 aliphatic carbocycles. The Balaban J connectivity index is 1.68. The van der Waals surface area contributed by atoms with Crippen LogP contribution in [0.15, 0.2) is 4.79 Å². The first-order valence-corrected chi connectivity index (χ1v) is 6.51. The van der Waals surface area contributed by atoms with Gasteiger partial charge in [-0.25, -0.2) is 4.79 Å². The van der Waals surface area contributed by atoms with Gasteiger partial charge in [-0.2, -0.15) is 0 Å². The van der Waals surface area contributed by atoms with Gasteiger partial charge >= 0.3 is 5.56 Å². The summed E-state index contributed by atoms with van der Waals surface area (Å²) in [4.78, 5) is 14.8. The van der Waals surface area contributed by atoms with Crippen molar-refractivity contribution in [3.05, 3.63) is 16.0 Å². The summed E-state index contributed by atoms with van der Waals surface area (Å²) >= 11 is 0. The predicted octanol–water partition coefficient (Wildman–Crippen LogP) is -2.09. The monoisotopic (exact) mass is 270 g/mol. The van der Waals surface area contributed by atoms with Crippen LogP contribution in [0.3, 0.4) is 0 Å². The highest BCUT2D eigenvalue weighted by atomic mass is 16.6. The van der Waals surface area contributed by atoms with Crippen molar-refractivity contribution >= 4 is 0 Å². The molecule has 1 aromatic heterocycles. The standard InChI is InChI=1S/C11H16N3O5/c15-11-10(1-7-4-17-7)14(16)13(3-9-6-19-9)12(11)2-8-5-18-8/h7-9,16H,1-6H2/q+1. The Morgan fingerprint density at radius 1 is 1.11 bits per heavy atom. The zero-order valence-corrected chi connectivity index (χ0v) is 10.4. The van der Waals surface area contributed by atoms with Crippen LogP contribution in [0.1, 0.15) is 5.69 Å². The molecule has 0 spiro atoms. The van der Waals surface area contributed by atoms with Gasteiger partial charge < -0.3 is 19.4 Å². The van der Waals surface area contributed by atoms with Crippen molar-refractivity contribution in [3.63, 3.8) is 0 Å². The minimum absolute atomic E-state index is 0.0600. The second kappa shape index (κ2) is 4.06. The molecule has 3 unspecified atom stereocenters. The molecule has 19 heavy (non-hydrogen) atoms. The maximum absolute atomic E-state index is 12.3. The van der Waals surface area contributed by atoms with Crippen LogP contribution in [0.5, 0.6) is 0 Å². The van der Waals surface area contributed by atoms with Crippen LogP contribution in [0.25, 0.3) is 0 Å². The SMILES string of the molecule is O=c1c(CC2CO2)[n+](O)n(CC2CO2)n1CC1CO1. The van der Waals surface area contributed by atoms with Crippen molar-refractivity contribution in [1.29, 1.82) is 0 Å². The third-order valence-corrected chi connectivity index (χ3v) is 3.59. The maximum Gasteiger partial charge on any atom is 0.401 e. The van der Waals surface area contributed by atoms with Gasteiger partial charge in [-0.15, -0.1) is 4.68 Å². The molecule has 104 valence electrons. The van der Waals surface area contributed by atoms with E-state index in [1.807, 2.05) is 0 Å². The highest BCUT2D eigenvalue weighted by Crippen LogP contribution is 2.15. The summed E-state index contributed by atoms with van der Waals surface area (Å²) in [5, 5.41) is 10.2. The summed E-state index contributed by atoms with van der Waals surface area (Å²) < 4.78 is 17.0. The lowest BCUT2D eigenvalue weighted by atomic mass is 10.2. The molecule has 0 aromatic carbocycles. The van der Waals surface area contributed by atoms with Crippen LogP contribution in [0.2, 0.25) is 0 Å². The molecular weight excluding hydrogens is 254 g/mol. The zero-order chi connectivity index (χ0) is 13.0. The lowest BCUT2D eigenvalue weighted by molar-refractivity contribution is -0.972. The molecule has 0 bridgehead atoms. The fraction of sp³-hybridized carbons (Fsp3) is 0.818. The van der Waals surface area contributed by atoms with Crippen molar-refractivity contribution in [2.24, 2.45) is 0 Å². The van der Waals surface area contributed by atoms with Crippen LogP contribution >= 0.6 is 0 Å². The first kappa shape index (κ1) is 11.4. The van der Waals surface area contributed by atoms with Crippen LogP contribution in [0.4, 0.5) is 0 Å². The van der Waals surface area contributed by atoms with Crippen molar-refractivity contribution < 1.29 is 24.3 Å². The Labute approximate surface area is 108 Å². The summed E-state index contributed by atoms with van der Waals surface area (Å²) in [6.45, 7) is 2.95. The molecule has 3 fully saturated rings. The number of ether oxygens (including phenoxy) is 3. The Bertz CT molecular complexity index is 553. The fourth-order valence-corrected chi connectivity index (χ4v) is 2.23. The van der Waals surface area contributed by atoms with Gasteiger partial charge in [-0.1, -0.05) is 0 Å². The van der Waals surface area contributed by atoms with Gasteiger partial charge in [0.2, 0.25) is 0 Å². The molecule has 8 heteroatoms. The molecule has 4 heterocycles. The molecule has 1 N–H and O–H groups in total. The van der Waals surface area contributed by atoms with E-state index in [9.17, 15) is 10.0 Å². The van der Waals surface area contributed by atoms with Crippen molar-refractivity contribution in [2.75, 3.05) is 19.8 Å². The van der Waals surface area contributed by atoms with Gasteiger partial charge in [0, 0.05) is 4.85 Å². The van der Waals surface area contributed by atoms with Gasteiger partial charge in [0.05, 0.1) is 32.3 Å². The molecule has 3 atom stereocenters. The third-order valence-electron chi connectivity index (χ3n) is 3.59. The summed E-state index contributed by atoms with van der Waals surface area (Å²) in [6.07, 6.45) is 0.669. The lowest BCUT2D eigenvalue weighted by Gasteiger charge is -2.01. The number of hydrogen-bond donors (Lipinski definition) is 1. The largest absolute Gasteiger partial charge is 0.401 e.